The van der Waals surface area contributed by atoms with Crippen molar-refractivity contribution in [1.29, 1.82) is 0 Å². The number of rotatable bonds is 7. The number of aromatic nitrogens is 3. The highest BCUT2D eigenvalue weighted by Crippen LogP contribution is 2.31. The molecule has 33 heavy (non-hydrogen) atoms. The summed E-state index contributed by atoms with van der Waals surface area (Å²) in [6.45, 7) is 0. The van der Waals surface area contributed by atoms with Crippen LogP contribution >= 0.6 is 35.3 Å². The fraction of sp³-hybridized carbons (Fsp3) is 0.120. The number of benzene rings is 2. The Bertz CT molecular complexity index is 1370. The van der Waals surface area contributed by atoms with Crippen LogP contribution in [0, 0.1) is 0 Å². The number of thiophene rings is 1. The predicted octanol–water partition coefficient (Wildman–Crippen LogP) is 5.94. The number of imidazole rings is 1. The molecule has 168 valence electrons. The summed E-state index contributed by atoms with van der Waals surface area (Å²) in [4.78, 5) is 17.3. The van der Waals surface area contributed by atoms with Crippen LogP contribution in [0.25, 0.3) is 22.2 Å². The summed E-state index contributed by atoms with van der Waals surface area (Å²) < 4.78 is 5.52. The lowest BCUT2D eigenvalue weighted by atomic mass is 10.0. The molecular formula is C25H24IN5OS. The van der Waals surface area contributed by atoms with Gasteiger partial charge in [-0.05, 0) is 35.2 Å². The first kappa shape index (κ1) is 23.1. The zero-order chi connectivity index (χ0) is 21.9. The first-order valence-corrected chi connectivity index (χ1v) is 11.2. The molecule has 0 aliphatic rings. The molecule has 0 fully saturated rings. The molecule has 0 bridgehead atoms. The van der Waals surface area contributed by atoms with E-state index in [-0.39, 0.29) is 30.0 Å². The Kier molecular flexibility index (Phi) is 7.14. The molecule has 0 saturated carbocycles. The topological polar surface area (TPSA) is 92.1 Å². The number of nitrogens with two attached hydrogens (primary N) is 1. The van der Waals surface area contributed by atoms with Gasteiger partial charge in [-0.3, -0.25) is 4.99 Å². The maximum absolute atomic E-state index is 6.37. The first-order chi connectivity index (χ1) is 15.7. The summed E-state index contributed by atoms with van der Waals surface area (Å²) in [5.41, 5.74) is 10.5. The van der Waals surface area contributed by atoms with E-state index in [1.165, 1.54) is 10.9 Å². The van der Waals surface area contributed by atoms with E-state index in [4.69, 9.17) is 15.5 Å². The van der Waals surface area contributed by atoms with Crippen LogP contribution < -0.4 is 10.5 Å². The van der Waals surface area contributed by atoms with E-state index in [1.807, 2.05) is 66.3 Å². The lowest BCUT2D eigenvalue weighted by molar-refractivity contribution is 0.416. The molecule has 4 N–H and O–H groups in total. The molecule has 0 saturated heterocycles. The van der Waals surface area contributed by atoms with E-state index in [2.05, 4.69) is 27.1 Å². The number of hydrogen-bond donors (Lipinski definition) is 3. The average molecular weight is 569 g/mol. The molecule has 0 amide bonds. The number of para-hydroxylation sites is 2. The molecule has 0 aliphatic heterocycles. The molecule has 8 heteroatoms. The Balaban J connectivity index is 0.00000259. The van der Waals surface area contributed by atoms with E-state index in [0.29, 0.717) is 12.3 Å². The molecule has 3 heterocycles. The molecule has 5 aromatic rings. The van der Waals surface area contributed by atoms with Crippen LogP contribution in [-0.4, -0.2) is 27.9 Å². The maximum Gasteiger partial charge on any atom is 0.136 e. The number of ether oxygens (including phenoxy) is 1. The van der Waals surface area contributed by atoms with E-state index < -0.39 is 0 Å². The fourth-order valence-corrected chi connectivity index (χ4v) is 4.51. The van der Waals surface area contributed by atoms with Crippen LogP contribution in [-0.2, 0) is 6.42 Å². The number of amidine groups is 1. The molecule has 6 nitrogen and oxygen atoms in total. The van der Waals surface area contributed by atoms with Crippen molar-refractivity contribution in [3.05, 3.63) is 94.7 Å². The third kappa shape index (κ3) is 4.81. The van der Waals surface area contributed by atoms with Crippen molar-refractivity contribution in [1.82, 2.24) is 15.0 Å². The molecule has 0 aliphatic carbocycles. The number of nitrogens with one attached hydrogen (secondary N) is 2. The molecule has 3 aromatic heterocycles. The fourth-order valence-electron chi connectivity index (χ4n) is 3.88. The van der Waals surface area contributed by atoms with Crippen LogP contribution in [0.1, 0.15) is 22.3 Å². The molecule has 2 aromatic carbocycles. The smallest absolute Gasteiger partial charge is 0.136 e. The minimum Gasteiger partial charge on any atom is -0.496 e. The lowest BCUT2D eigenvalue weighted by Crippen LogP contribution is -2.15. The van der Waals surface area contributed by atoms with Crippen molar-refractivity contribution in [3.8, 4) is 17.0 Å². The van der Waals surface area contributed by atoms with Gasteiger partial charge in [0.1, 0.15) is 23.5 Å². The van der Waals surface area contributed by atoms with Gasteiger partial charge in [0.15, 0.2) is 0 Å². The number of nitrogens with zero attached hydrogens (tertiary/aromatic N) is 2. The van der Waals surface area contributed by atoms with Crippen molar-refractivity contribution < 1.29 is 4.74 Å². The van der Waals surface area contributed by atoms with Gasteiger partial charge in [-0.25, -0.2) is 4.98 Å². The summed E-state index contributed by atoms with van der Waals surface area (Å²) in [6.07, 6.45) is 4.53. The molecule has 0 spiro atoms. The molecular weight excluding hydrogens is 545 g/mol. The van der Waals surface area contributed by atoms with Crippen molar-refractivity contribution in [2.45, 2.75) is 12.5 Å². The van der Waals surface area contributed by atoms with Crippen molar-refractivity contribution in [2.75, 3.05) is 7.11 Å². The SMILES string of the molecule is COc1ccccc1-c1cnc([C@@H](Cc2c[nH]c3ccccc23)N=C(N)c2cccs2)[nH]1.I. The van der Waals surface area contributed by atoms with Gasteiger partial charge in [0.2, 0.25) is 0 Å². The van der Waals surface area contributed by atoms with Crippen LogP contribution in [0.4, 0.5) is 0 Å². The Morgan fingerprint density at radius 2 is 1.94 bits per heavy atom. The van der Waals surface area contributed by atoms with Gasteiger partial charge in [-0.15, -0.1) is 35.3 Å². The number of aromatic amines is 2. The number of aliphatic imine (C=N–C) groups is 1. The second-order valence-electron chi connectivity index (χ2n) is 7.45. The summed E-state index contributed by atoms with van der Waals surface area (Å²) >= 11 is 1.58. The van der Waals surface area contributed by atoms with Crippen LogP contribution in [0.15, 0.2) is 83.4 Å². The van der Waals surface area contributed by atoms with Gasteiger partial charge < -0.3 is 20.4 Å². The van der Waals surface area contributed by atoms with Crippen molar-refractivity contribution in [2.24, 2.45) is 10.7 Å². The van der Waals surface area contributed by atoms with Crippen molar-refractivity contribution in [3.63, 3.8) is 0 Å². The van der Waals surface area contributed by atoms with Crippen LogP contribution in [0.3, 0.4) is 0 Å². The van der Waals surface area contributed by atoms with Crippen LogP contribution in [0.2, 0.25) is 0 Å². The standard InChI is InChI=1S/C25H23N5OS.HI/c1-31-22-10-5-3-8-18(22)21-15-28-25(30-21)20(29-24(26)23-11-6-12-32-23)13-16-14-27-19-9-4-2-7-17(16)19;/h2-12,14-15,20,27H,13H2,1H3,(H2,26,29)(H,28,30);1H/t20-;/m1./s1. The second kappa shape index (κ2) is 10.2. The Labute approximate surface area is 213 Å². The predicted molar refractivity (Wildman–Crippen MR) is 146 cm³/mol. The number of fused-ring (bicyclic) bond motifs is 1. The van der Waals surface area contributed by atoms with Gasteiger partial charge in [0.25, 0.3) is 0 Å². The quantitative estimate of drug-likeness (QED) is 0.129. The normalized spacial score (nSPS) is 12.5. The van der Waals surface area contributed by atoms with E-state index in [0.717, 1.165) is 33.2 Å². The van der Waals surface area contributed by atoms with Crippen molar-refractivity contribution >= 4 is 52.1 Å². The Hall–Kier alpha value is -3.11. The highest BCUT2D eigenvalue weighted by molar-refractivity contribution is 14.0. The van der Waals surface area contributed by atoms with Gasteiger partial charge in [0, 0.05) is 29.1 Å². The molecule has 1 atom stereocenters. The summed E-state index contributed by atoms with van der Waals surface area (Å²) in [5, 5.41) is 3.18. The van der Waals surface area contributed by atoms with Gasteiger partial charge in [-0.1, -0.05) is 36.4 Å². The largest absolute Gasteiger partial charge is 0.496 e. The zero-order valence-electron chi connectivity index (χ0n) is 18.0. The summed E-state index contributed by atoms with van der Waals surface area (Å²) in [6, 6.07) is 19.8. The van der Waals surface area contributed by atoms with E-state index in [1.54, 1.807) is 18.4 Å². The van der Waals surface area contributed by atoms with Gasteiger partial charge >= 0.3 is 0 Å². The monoisotopic (exact) mass is 569 g/mol. The molecule has 0 radical (unpaired) electrons. The highest BCUT2D eigenvalue weighted by Gasteiger charge is 2.19. The highest BCUT2D eigenvalue weighted by atomic mass is 127. The number of methoxy groups -OCH3 is 1. The summed E-state index contributed by atoms with van der Waals surface area (Å²) in [7, 11) is 1.67. The minimum atomic E-state index is -0.264. The third-order valence-corrected chi connectivity index (χ3v) is 6.36. The van der Waals surface area contributed by atoms with E-state index in [9.17, 15) is 0 Å². The van der Waals surface area contributed by atoms with Crippen LogP contribution in [0.5, 0.6) is 5.75 Å². The summed E-state index contributed by atoms with van der Waals surface area (Å²) in [5.74, 6) is 2.06. The Morgan fingerprint density at radius 3 is 2.76 bits per heavy atom. The zero-order valence-corrected chi connectivity index (χ0v) is 21.1. The third-order valence-electron chi connectivity index (χ3n) is 5.46. The number of halogens is 1. The molecule has 0 unspecified atom stereocenters. The van der Waals surface area contributed by atoms with E-state index >= 15 is 0 Å². The lowest BCUT2D eigenvalue weighted by Gasteiger charge is -2.12. The maximum atomic E-state index is 6.37. The second-order valence-corrected chi connectivity index (χ2v) is 8.40. The minimum absolute atomic E-state index is 0. The first-order valence-electron chi connectivity index (χ1n) is 10.3. The van der Waals surface area contributed by atoms with Gasteiger partial charge in [0.05, 0.1) is 23.9 Å². The Morgan fingerprint density at radius 1 is 1.12 bits per heavy atom. The number of hydrogen-bond acceptors (Lipinski definition) is 4. The number of H-pyrrole nitrogens is 2. The average Bonchev–Trinajstić information content (AvgIpc) is 3.60. The molecule has 5 rings (SSSR count). The van der Waals surface area contributed by atoms with Gasteiger partial charge in [-0.2, -0.15) is 0 Å².